The van der Waals surface area contributed by atoms with Gasteiger partial charge in [0.2, 0.25) is 0 Å². The molecule has 1 aliphatic carbocycles. The van der Waals surface area contributed by atoms with E-state index < -0.39 is 0 Å². The molecule has 1 fully saturated rings. The zero-order chi connectivity index (χ0) is 12.8. The second kappa shape index (κ2) is 4.25. The van der Waals surface area contributed by atoms with Gasteiger partial charge in [-0.2, -0.15) is 0 Å². The Bertz CT molecular complexity index is 426. The number of hydrogen-bond donors (Lipinski definition) is 1. The summed E-state index contributed by atoms with van der Waals surface area (Å²) in [5.74, 6) is 0. The standard InChI is InChI=1S/C14H19BrClN/c1-13(2)12(14(13,3)4)17-8-9-5-6-10(15)11(16)7-9/h5-7,12,17H,8H2,1-4H3. The Kier molecular flexibility index (Phi) is 3.35. The van der Waals surface area contributed by atoms with Crippen LogP contribution in [0, 0.1) is 10.8 Å². The van der Waals surface area contributed by atoms with E-state index >= 15 is 0 Å². The maximum absolute atomic E-state index is 6.08. The molecule has 1 aromatic carbocycles. The van der Waals surface area contributed by atoms with Crippen molar-refractivity contribution in [1.82, 2.24) is 5.32 Å². The minimum atomic E-state index is 0.381. The van der Waals surface area contributed by atoms with Gasteiger partial charge in [0.25, 0.3) is 0 Å². The van der Waals surface area contributed by atoms with E-state index in [1.54, 1.807) is 0 Å². The van der Waals surface area contributed by atoms with Crippen molar-refractivity contribution in [2.75, 3.05) is 0 Å². The van der Waals surface area contributed by atoms with Crippen LogP contribution >= 0.6 is 27.5 Å². The van der Waals surface area contributed by atoms with Crippen LogP contribution < -0.4 is 5.32 Å². The molecular formula is C14H19BrClN. The average molecular weight is 317 g/mol. The Hall–Kier alpha value is -0.0500. The Labute approximate surface area is 117 Å². The van der Waals surface area contributed by atoms with Gasteiger partial charge in [-0.15, -0.1) is 0 Å². The molecule has 0 aliphatic heterocycles. The summed E-state index contributed by atoms with van der Waals surface area (Å²) in [6, 6.07) is 6.70. The fourth-order valence-corrected chi connectivity index (χ4v) is 3.03. The smallest absolute Gasteiger partial charge is 0.0551 e. The Morgan fingerprint density at radius 3 is 2.29 bits per heavy atom. The van der Waals surface area contributed by atoms with Crippen molar-refractivity contribution in [3.8, 4) is 0 Å². The van der Waals surface area contributed by atoms with Gasteiger partial charge in [0, 0.05) is 17.1 Å². The van der Waals surface area contributed by atoms with E-state index in [0.717, 1.165) is 16.0 Å². The molecule has 0 amide bonds. The first-order valence-electron chi connectivity index (χ1n) is 5.94. The molecule has 1 aliphatic rings. The molecule has 0 unspecified atom stereocenters. The van der Waals surface area contributed by atoms with Crippen molar-refractivity contribution in [1.29, 1.82) is 0 Å². The van der Waals surface area contributed by atoms with Crippen molar-refractivity contribution in [3.63, 3.8) is 0 Å². The molecule has 0 heterocycles. The highest BCUT2D eigenvalue weighted by Gasteiger charge is 2.64. The molecule has 0 radical (unpaired) electrons. The van der Waals surface area contributed by atoms with Gasteiger partial charge in [0.05, 0.1) is 5.02 Å². The van der Waals surface area contributed by atoms with Gasteiger partial charge in [-0.1, -0.05) is 45.4 Å². The van der Waals surface area contributed by atoms with Crippen LogP contribution in [-0.4, -0.2) is 6.04 Å². The highest BCUT2D eigenvalue weighted by Crippen LogP contribution is 2.62. The molecular weight excluding hydrogens is 298 g/mol. The summed E-state index contributed by atoms with van der Waals surface area (Å²) < 4.78 is 0.954. The summed E-state index contributed by atoms with van der Waals surface area (Å²) in [4.78, 5) is 0. The van der Waals surface area contributed by atoms with Crippen molar-refractivity contribution >= 4 is 27.5 Å². The maximum atomic E-state index is 6.08. The molecule has 3 heteroatoms. The zero-order valence-corrected chi connectivity index (χ0v) is 13.1. The zero-order valence-electron chi connectivity index (χ0n) is 10.8. The van der Waals surface area contributed by atoms with E-state index in [-0.39, 0.29) is 0 Å². The van der Waals surface area contributed by atoms with Crippen molar-refractivity contribution < 1.29 is 0 Å². The van der Waals surface area contributed by atoms with Gasteiger partial charge in [0.15, 0.2) is 0 Å². The minimum Gasteiger partial charge on any atom is -0.309 e. The van der Waals surface area contributed by atoms with Crippen LogP contribution in [0.4, 0.5) is 0 Å². The van der Waals surface area contributed by atoms with E-state index in [9.17, 15) is 0 Å². The van der Waals surface area contributed by atoms with Gasteiger partial charge in [-0.3, -0.25) is 0 Å². The van der Waals surface area contributed by atoms with Gasteiger partial charge < -0.3 is 5.32 Å². The van der Waals surface area contributed by atoms with E-state index in [0.29, 0.717) is 16.9 Å². The summed E-state index contributed by atoms with van der Waals surface area (Å²) in [5, 5.41) is 4.40. The summed E-state index contributed by atoms with van der Waals surface area (Å²) >= 11 is 9.49. The molecule has 94 valence electrons. The first-order chi connectivity index (χ1) is 7.76. The Morgan fingerprint density at radius 1 is 1.24 bits per heavy atom. The lowest BCUT2D eigenvalue weighted by atomic mass is 10.0. The van der Waals surface area contributed by atoms with E-state index in [1.165, 1.54) is 5.56 Å². The molecule has 0 aromatic heterocycles. The van der Waals surface area contributed by atoms with Crippen molar-refractivity contribution in [3.05, 3.63) is 33.3 Å². The highest BCUT2D eigenvalue weighted by atomic mass is 79.9. The molecule has 0 bridgehead atoms. The second-order valence-corrected chi connectivity index (χ2v) is 7.27. The number of hydrogen-bond acceptors (Lipinski definition) is 1. The SMILES string of the molecule is CC1(C)C(NCc2ccc(Br)c(Cl)c2)C1(C)C. The fraction of sp³-hybridized carbons (Fsp3) is 0.571. The quantitative estimate of drug-likeness (QED) is 0.857. The van der Waals surface area contributed by atoms with Gasteiger partial charge in [-0.25, -0.2) is 0 Å². The predicted octanol–water partition coefficient (Wildman–Crippen LogP) is 4.63. The van der Waals surface area contributed by atoms with Crippen LogP contribution in [0.3, 0.4) is 0 Å². The number of benzene rings is 1. The van der Waals surface area contributed by atoms with Gasteiger partial charge in [0.1, 0.15) is 0 Å². The monoisotopic (exact) mass is 315 g/mol. The number of halogens is 2. The maximum Gasteiger partial charge on any atom is 0.0551 e. The molecule has 1 N–H and O–H groups in total. The molecule has 0 atom stereocenters. The Morgan fingerprint density at radius 2 is 1.82 bits per heavy atom. The summed E-state index contributed by atoms with van der Waals surface area (Å²) in [5.41, 5.74) is 2.00. The molecule has 0 spiro atoms. The molecule has 1 aromatic rings. The second-order valence-electron chi connectivity index (χ2n) is 6.01. The molecule has 2 rings (SSSR count). The van der Waals surface area contributed by atoms with E-state index in [1.807, 2.05) is 12.1 Å². The fourth-order valence-electron chi connectivity index (χ4n) is 2.58. The lowest BCUT2D eigenvalue weighted by molar-refractivity contribution is 0.457. The summed E-state index contributed by atoms with van der Waals surface area (Å²) in [6.07, 6.45) is 0. The van der Waals surface area contributed by atoms with Crippen LogP contribution in [0.5, 0.6) is 0 Å². The first-order valence-corrected chi connectivity index (χ1v) is 7.11. The topological polar surface area (TPSA) is 12.0 Å². The predicted molar refractivity (Wildman–Crippen MR) is 77.3 cm³/mol. The average Bonchev–Trinajstić information content (AvgIpc) is 2.61. The third-order valence-electron chi connectivity index (χ3n) is 4.52. The molecule has 1 saturated carbocycles. The summed E-state index contributed by atoms with van der Waals surface area (Å²) in [6.45, 7) is 10.2. The largest absolute Gasteiger partial charge is 0.309 e. The van der Waals surface area contributed by atoms with E-state index in [4.69, 9.17) is 11.6 Å². The first kappa shape index (κ1) is 13.4. The van der Waals surface area contributed by atoms with Crippen molar-refractivity contribution in [2.45, 2.75) is 40.3 Å². The highest BCUT2D eigenvalue weighted by molar-refractivity contribution is 9.10. The van der Waals surface area contributed by atoms with Crippen LogP contribution in [0.25, 0.3) is 0 Å². The molecule has 0 saturated heterocycles. The Balaban J connectivity index is 1.98. The summed E-state index contributed by atoms with van der Waals surface area (Å²) in [7, 11) is 0. The number of nitrogens with one attached hydrogen (secondary N) is 1. The third-order valence-corrected chi connectivity index (χ3v) is 5.75. The minimum absolute atomic E-state index is 0.381. The normalized spacial score (nSPS) is 21.5. The van der Waals surface area contributed by atoms with Crippen LogP contribution in [0.1, 0.15) is 33.3 Å². The lowest BCUT2D eigenvalue weighted by Crippen LogP contribution is -2.21. The van der Waals surface area contributed by atoms with E-state index in [2.05, 4.69) is 55.0 Å². The van der Waals surface area contributed by atoms with Gasteiger partial charge in [-0.05, 0) is 44.5 Å². The van der Waals surface area contributed by atoms with Crippen LogP contribution in [0.2, 0.25) is 5.02 Å². The van der Waals surface area contributed by atoms with Crippen LogP contribution in [-0.2, 0) is 6.54 Å². The molecule has 1 nitrogen and oxygen atoms in total. The number of rotatable bonds is 3. The third kappa shape index (κ3) is 2.27. The van der Waals surface area contributed by atoms with Crippen molar-refractivity contribution in [2.24, 2.45) is 10.8 Å². The molecule has 17 heavy (non-hydrogen) atoms. The van der Waals surface area contributed by atoms with Crippen LogP contribution in [0.15, 0.2) is 22.7 Å². The van der Waals surface area contributed by atoms with Gasteiger partial charge >= 0.3 is 0 Å². The lowest BCUT2D eigenvalue weighted by Gasteiger charge is -2.07.